The summed E-state index contributed by atoms with van der Waals surface area (Å²) >= 11 is 0. The average molecular weight is 266 g/mol. The smallest absolute Gasteiger partial charge is 0.194 e. The average Bonchev–Trinajstić information content (AvgIpc) is 2.44. The van der Waals surface area contributed by atoms with Crippen LogP contribution >= 0.6 is 0 Å². The fraction of sp³-hybridized carbons (Fsp3) is 0.200. The van der Waals surface area contributed by atoms with Crippen molar-refractivity contribution in [3.63, 3.8) is 0 Å². The minimum Gasteiger partial charge on any atom is -0.384 e. The highest BCUT2D eigenvalue weighted by molar-refractivity contribution is 5.36. The van der Waals surface area contributed by atoms with Gasteiger partial charge in [0.2, 0.25) is 0 Å². The Hall–Kier alpha value is -1.81. The molecule has 4 heteroatoms. The van der Waals surface area contributed by atoms with Crippen LogP contribution in [0, 0.1) is 17.5 Å². The van der Waals surface area contributed by atoms with Gasteiger partial charge < -0.3 is 5.11 Å². The number of hydrogen-bond acceptors (Lipinski definition) is 1. The predicted molar refractivity (Wildman–Crippen MR) is 66.2 cm³/mol. The van der Waals surface area contributed by atoms with Crippen LogP contribution in [0.25, 0.3) is 0 Å². The van der Waals surface area contributed by atoms with Crippen LogP contribution in [0.4, 0.5) is 13.2 Å². The Kier molecular flexibility index (Phi) is 3.90. The quantitative estimate of drug-likeness (QED) is 0.839. The van der Waals surface area contributed by atoms with Crippen molar-refractivity contribution in [3.05, 3.63) is 70.5 Å². The molecule has 19 heavy (non-hydrogen) atoms. The molecule has 0 amide bonds. The SMILES string of the molecule is CCc1ccccc1C(O)c1ccc(F)c(F)c1F. The summed E-state index contributed by atoms with van der Waals surface area (Å²) in [6, 6.07) is 8.82. The molecule has 0 aromatic heterocycles. The lowest BCUT2D eigenvalue weighted by Crippen LogP contribution is -2.08. The van der Waals surface area contributed by atoms with Gasteiger partial charge in [-0.05, 0) is 23.6 Å². The zero-order valence-electron chi connectivity index (χ0n) is 10.3. The van der Waals surface area contributed by atoms with Gasteiger partial charge in [0.1, 0.15) is 6.10 Å². The number of aryl methyl sites for hydroxylation is 1. The third-order valence-corrected chi connectivity index (χ3v) is 3.09. The van der Waals surface area contributed by atoms with E-state index in [4.69, 9.17) is 0 Å². The summed E-state index contributed by atoms with van der Waals surface area (Å²) in [6.07, 6.45) is -0.662. The van der Waals surface area contributed by atoms with Crippen LogP contribution in [0.15, 0.2) is 36.4 Å². The number of hydrogen-bond donors (Lipinski definition) is 1. The molecule has 2 aromatic rings. The van der Waals surface area contributed by atoms with Crippen molar-refractivity contribution >= 4 is 0 Å². The fourth-order valence-electron chi connectivity index (χ4n) is 2.04. The number of halogens is 3. The van der Waals surface area contributed by atoms with Gasteiger partial charge in [0.05, 0.1) is 0 Å². The van der Waals surface area contributed by atoms with Crippen molar-refractivity contribution in [2.75, 3.05) is 0 Å². The van der Waals surface area contributed by atoms with Crippen molar-refractivity contribution in [1.82, 2.24) is 0 Å². The van der Waals surface area contributed by atoms with Crippen LogP contribution in [-0.4, -0.2) is 5.11 Å². The number of rotatable bonds is 3. The van der Waals surface area contributed by atoms with Gasteiger partial charge in [0.15, 0.2) is 17.5 Å². The Balaban J connectivity index is 2.50. The highest BCUT2D eigenvalue weighted by Gasteiger charge is 2.21. The third-order valence-electron chi connectivity index (χ3n) is 3.09. The Morgan fingerprint density at radius 1 is 0.947 bits per heavy atom. The molecule has 0 radical (unpaired) electrons. The lowest BCUT2D eigenvalue weighted by Gasteiger charge is -2.16. The summed E-state index contributed by atoms with van der Waals surface area (Å²) in [4.78, 5) is 0. The lowest BCUT2D eigenvalue weighted by molar-refractivity contribution is 0.211. The summed E-state index contributed by atoms with van der Waals surface area (Å²) in [5, 5.41) is 10.2. The molecule has 1 atom stereocenters. The Bertz CT molecular complexity index is 596. The van der Waals surface area contributed by atoms with Gasteiger partial charge in [0, 0.05) is 5.56 Å². The van der Waals surface area contributed by atoms with Gasteiger partial charge in [-0.1, -0.05) is 37.3 Å². The normalized spacial score (nSPS) is 12.5. The second-order valence-corrected chi connectivity index (χ2v) is 4.22. The van der Waals surface area contributed by atoms with Gasteiger partial charge in [0.25, 0.3) is 0 Å². The summed E-state index contributed by atoms with van der Waals surface area (Å²) < 4.78 is 39.7. The van der Waals surface area contributed by atoms with E-state index in [0.717, 1.165) is 17.7 Å². The highest BCUT2D eigenvalue weighted by atomic mass is 19.2. The van der Waals surface area contributed by atoms with Crippen LogP contribution in [0.2, 0.25) is 0 Å². The lowest BCUT2D eigenvalue weighted by atomic mass is 9.95. The largest absolute Gasteiger partial charge is 0.384 e. The van der Waals surface area contributed by atoms with Crippen LogP contribution in [0.1, 0.15) is 29.7 Å². The van der Waals surface area contributed by atoms with E-state index in [1.54, 1.807) is 24.3 Å². The van der Waals surface area contributed by atoms with E-state index >= 15 is 0 Å². The van der Waals surface area contributed by atoms with Crippen LogP contribution < -0.4 is 0 Å². The maximum atomic E-state index is 13.7. The van der Waals surface area contributed by atoms with Crippen LogP contribution in [0.3, 0.4) is 0 Å². The summed E-state index contributed by atoms with van der Waals surface area (Å²) in [5.41, 5.74) is 1.06. The molecule has 1 N–H and O–H groups in total. The van der Waals surface area contributed by atoms with E-state index in [2.05, 4.69) is 0 Å². The van der Waals surface area contributed by atoms with Gasteiger partial charge in [-0.2, -0.15) is 0 Å². The first-order chi connectivity index (χ1) is 9.06. The van der Waals surface area contributed by atoms with Gasteiger partial charge in [-0.25, -0.2) is 13.2 Å². The highest BCUT2D eigenvalue weighted by Crippen LogP contribution is 2.28. The topological polar surface area (TPSA) is 20.2 Å². The van der Waals surface area contributed by atoms with Gasteiger partial charge in [-0.15, -0.1) is 0 Å². The van der Waals surface area contributed by atoms with Gasteiger partial charge in [-0.3, -0.25) is 0 Å². The van der Waals surface area contributed by atoms with Crippen LogP contribution in [0.5, 0.6) is 0 Å². The summed E-state index contributed by atoms with van der Waals surface area (Å²) in [6.45, 7) is 1.90. The monoisotopic (exact) mass is 266 g/mol. The molecule has 0 heterocycles. The van der Waals surface area contributed by atoms with E-state index in [1.165, 1.54) is 0 Å². The standard InChI is InChI=1S/C15H13F3O/c1-2-9-5-3-4-6-10(9)15(19)11-7-8-12(16)14(18)13(11)17/h3-8,15,19H,2H2,1H3. The molecule has 0 spiro atoms. The minimum absolute atomic E-state index is 0.264. The molecule has 0 fully saturated rings. The third kappa shape index (κ3) is 2.49. The number of aliphatic hydroxyl groups is 1. The Labute approximate surface area is 109 Å². The predicted octanol–water partition coefficient (Wildman–Crippen LogP) is 3.75. The molecule has 0 aliphatic carbocycles. The summed E-state index contributed by atoms with van der Waals surface area (Å²) in [5.74, 6) is -4.18. The second kappa shape index (κ2) is 5.45. The zero-order valence-corrected chi connectivity index (χ0v) is 10.3. The molecule has 0 aliphatic heterocycles. The summed E-state index contributed by atoms with van der Waals surface area (Å²) in [7, 11) is 0. The van der Waals surface area contributed by atoms with Gasteiger partial charge >= 0.3 is 0 Å². The first-order valence-corrected chi connectivity index (χ1v) is 5.95. The van der Waals surface area contributed by atoms with Crippen molar-refractivity contribution < 1.29 is 18.3 Å². The van der Waals surface area contributed by atoms with E-state index < -0.39 is 23.6 Å². The number of benzene rings is 2. The molecule has 0 bridgehead atoms. The minimum atomic E-state index is -1.56. The van der Waals surface area contributed by atoms with Crippen LogP contribution in [-0.2, 0) is 6.42 Å². The van der Waals surface area contributed by atoms with Crippen molar-refractivity contribution in [1.29, 1.82) is 0 Å². The second-order valence-electron chi connectivity index (χ2n) is 4.22. The molecular weight excluding hydrogens is 253 g/mol. The maximum Gasteiger partial charge on any atom is 0.194 e. The Morgan fingerprint density at radius 2 is 1.63 bits per heavy atom. The molecule has 0 saturated carbocycles. The molecule has 0 aliphatic rings. The van der Waals surface area contributed by atoms with Crippen molar-refractivity contribution in [3.8, 4) is 0 Å². The molecule has 100 valence electrons. The van der Waals surface area contributed by atoms with Crippen molar-refractivity contribution in [2.24, 2.45) is 0 Å². The van der Waals surface area contributed by atoms with E-state index in [-0.39, 0.29) is 5.56 Å². The molecule has 1 unspecified atom stereocenters. The molecule has 0 saturated heterocycles. The van der Waals surface area contributed by atoms with E-state index in [9.17, 15) is 18.3 Å². The molecule has 1 nitrogen and oxygen atoms in total. The fourth-order valence-corrected chi connectivity index (χ4v) is 2.04. The van der Waals surface area contributed by atoms with E-state index in [0.29, 0.717) is 12.0 Å². The maximum absolute atomic E-state index is 13.7. The zero-order chi connectivity index (χ0) is 14.0. The van der Waals surface area contributed by atoms with E-state index in [1.807, 2.05) is 6.92 Å². The number of aliphatic hydroxyl groups excluding tert-OH is 1. The first-order valence-electron chi connectivity index (χ1n) is 5.95. The Morgan fingerprint density at radius 3 is 2.32 bits per heavy atom. The van der Waals surface area contributed by atoms with Crippen molar-refractivity contribution in [2.45, 2.75) is 19.4 Å². The molecule has 2 rings (SSSR count). The molecular formula is C15H13F3O. The first kappa shape index (κ1) is 13.6. The molecule has 2 aromatic carbocycles.